The molecule has 1 amide bonds. The van der Waals surface area contributed by atoms with Crippen molar-refractivity contribution in [2.24, 2.45) is 5.41 Å². The zero-order valence-corrected chi connectivity index (χ0v) is 14.1. The van der Waals surface area contributed by atoms with E-state index < -0.39 is 5.41 Å². The molecule has 0 atom stereocenters. The van der Waals surface area contributed by atoms with Gasteiger partial charge >= 0.3 is 0 Å². The SMILES string of the molecule is CC(C)(C)C(=O)NC(=S)Nc1ccc(N2CCOCC2)cc1. The smallest absolute Gasteiger partial charge is 0.231 e. The lowest BCUT2D eigenvalue weighted by Gasteiger charge is -2.29. The fourth-order valence-electron chi connectivity index (χ4n) is 2.03. The minimum absolute atomic E-state index is 0.102. The number of hydrogen-bond acceptors (Lipinski definition) is 4. The van der Waals surface area contributed by atoms with Crippen molar-refractivity contribution in [3.8, 4) is 0 Å². The van der Waals surface area contributed by atoms with Gasteiger partial charge in [-0.3, -0.25) is 4.79 Å². The van der Waals surface area contributed by atoms with Crippen LogP contribution in [0.3, 0.4) is 0 Å². The molecule has 22 heavy (non-hydrogen) atoms. The number of carbonyl (C=O) groups excluding carboxylic acids is 1. The van der Waals surface area contributed by atoms with Gasteiger partial charge < -0.3 is 20.3 Å². The third-order valence-corrected chi connectivity index (χ3v) is 3.61. The van der Waals surface area contributed by atoms with Crippen LogP contribution in [0.25, 0.3) is 0 Å². The van der Waals surface area contributed by atoms with E-state index in [-0.39, 0.29) is 5.91 Å². The van der Waals surface area contributed by atoms with E-state index >= 15 is 0 Å². The molecular formula is C16H23N3O2S. The van der Waals surface area contributed by atoms with Crippen LogP contribution < -0.4 is 15.5 Å². The summed E-state index contributed by atoms with van der Waals surface area (Å²) in [6, 6.07) is 8.00. The Bertz CT molecular complexity index is 531. The molecule has 1 aromatic rings. The van der Waals surface area contributed by atoms with Gasteiger partial charge in [0.2, 0.25) is 5.91 Å². The fraction of sp³-hybridized carbons (Fsp3) is 0.500. The highest BCUT2D eigenvalue weighted by molar-refractivity contribution is 7.80. The monoisotopic (exact) mass is 321 g/mol. The molecule has 2 rings (SSSR count). The van der Waals surface area contributed by atoms with E-state index in [1.54, 1.807) is 0 Å². The molecule has 0 aromatic heterocycles. The number of nitrogens with one attached hydrogen (secondary N) is 2. The summed E-state index contributed by atoms with van der Waals surface area (Å²) >= 11 is 5.17. The lowest BCUT2D eigenvalue weighted by atomic mass is 9.96. The first-order chi connectivity index (χ1) is 10.4. The van der Waals surface area contributed by atoms with Gasteiger partial charge in [-0.15, -0.1) is 0 Å². The summed E-state index contributed by atoms with van der Waals surface area (Å²) in [5.41, 5.74) is 1.56. The number of ether oxygens (including phenoxy) is 1. The van der Waals surface area contributed by atoms with Crippen LogP contribution in [0.4, 0.5) is 11.4 Å². The van der Waals surface area contributed by atoms with Crippen molar-refractivity contribution in [1.82, 2.24) is 5.32 Å². The quantitative estimate of drug-likeness (QED) is 0.819. The number of anilines is 2. The summed E-state index contributed by atoms with van der Waals surface area (Å²) in [6.07, 6.45) is 0. The first-order valence-electron chi connectivity index (χ1n) is 7.41. The van der Waals surface area contributed by atoms with Crippen LogP contribution in [0, 0.1) is 5.41 Å². The van der Waals surface area contributed by atoms with E-state index in [1.807, 2.05) is 45.0 Å². The molecule has 1 fully saturated rings. The molecule has 0 radical (unpaired) electrons. The van der Waals surface area contributed by atoms with Gasteiger partial charge in [-0.2, -0.15) is 0 Å². The molecule has 1 heterocycles. The molecule has 1 saturated heterocycles. The van der Waals surface area contributed by atoms with Crippen molar-refractivity contribution >= 4 is 34.6 Å². The predicted molar refractivity (Wildman–Crippen MR) is 93.3 cm³/mol. The van der Waals surface area contributed by atoms with Crippen molar-refractivity contribution in [2.45, 2.75) is 20.8 Å². The highest BCUT2D eigenvalue weighted by Crippen LogP contribution is 2.19. The van der Waals surface area contributed by atoms with E-state index in [1.165, 1.54) is 5.69 Å². The first kappa shape index (κ1) is 16.7. The average molecular weight is 321 g/mol. The number of carbonyl (C=O) groups is 1. The second-order valence-electron chi connectivity index (χ2n) is 6.30. The normalized spacial score (nSPS) is 15.3. The van der Waals surface area contributed by atoms with Crippen LogP contribution >= 0.6 is 12.2 Å². The second kappa shape index (κ2) is 7.07. The summed E-state index contributed by atoms with van der Waals surface area (Å²) in [7, 11) is 0. The Labute approximate surface area is 137 Å². The summed E-state index contributed by atoms with van der Waals surface area (Å²) in [5.74, 6) is -0.102. The fourth-order valence-corrected chi connectivity index (χ4v) is 2.24. The van der Waals surface area contributed by atoms with Crippen molar-refractivity contribution in [2.75, 3.05) is 36.5 Å². The number of morpholine rings is 1. The zero-order chi connectivity index (χ0) is 16.2. The van der Waals surface area contributed by atoms with Gasteiger partial charge in [0.05, 0.1) is 13.2 Å². The minimum atomic E-state index is -0.466. The Hall–Kier alpha value is -1.66. The van der Waals surface area contributed by atoms with Crippen LogP contribution in [-0.4, -0.2) is 37.3 Å². The molecule has 0 spiro atoms. The number of amides is 1. The first-order valence-corrected chi connectivity index (χ1v) is 7.82. The Kier molecular flexibility index (Phi) is 5.37. The van der Waals surface area contributed by atoms with Gasteiger partial charge in [-0.05, 0) is 36.5 Å². The maximum atomic E-state index is 11.9. The summed E-state index contributed by atoms with van der Waals surface area (Å²) in [5, 5.41) is 6.05. The summed E-state index contributed by atoms with van der Waals surface area (Å²) in [4.78, 5) is 14.2. The van der Waals surface area contributed by atoms with E-state index in [4.69, 9.17) is 17.0 Å². The van der Waals surface area contributed by atoms with Gasteiger partial charge in [-0.25, -0.2) is 0 Å². The third kappa shape index (κ3) is 4.68. The van der Waals surface area contributed by atoms with E-state index in [9.17, 15) is 4.79 Å². The molecule has 2 N–H and O–H groups in total. The molecule has 120 valence electrons. The standard InChI is InChI=1S/C16H23N3O2S/c1-16(2,3)14(20)18-15(22)17-12-4-6-13(7-5-12)19-8-10-21-11-9-19/h4-7H,8-11H2,1-3H3,(H2,17,18,20,22). The molecule has 0 saturated carbocycles. The van der Waals surface area contributed by atoms with Crippen LogP contribution in [0.1, 0.15) is 20.8 Å². The average Bonchev–Trinajstić information content (AvgIpc) is 2.48. The van der Waals surface area contributed by atoms with E-state index in [0.29, 0.717) is 5.11 Å². The van der Waals surface area contributed by atoms with Crippen molar-refractivity contribution < 1.29 is 9.53 Å². The lowest BCUT2D eigenvalue weighted by molar-refractivity contribution is -0.126. The van der Waals surface area contributed by atoms with Gasteiger partial charge in [0.25, 0.3) is 0 Å². The van der Waals surface area contributed by atoms with Crippen LogP contribution in [-0.2, 0) is 9.53 Å². The number of rotatable bonds is 2. The predicted octanol–water partition coefficient (Wildman–Crippen LogP) is 2.38. The number of nitrogens with zero attached hydrogens (tertiary/aromatic N) is 1. The van der Waals surface area contributed by atoms with Crippen LogP contribution in [0.5, 0.6) is 0 Å². The van der Waals surface area contributed by atoms with E-state index in [2.05, 4.69) is 15.5 Å². The Balaban J connectivity index is 1.90. The van der Waals surface area contributed by atoms with Gasteiger partial charge in [0.15, 0.2) is 5.11 Å². The molecular weight excluding hydrogens is 298 g/mol. The van der Waals surface area contributed by atoms with E-state index in [0.717, 1.165) is 32.0 Å². The molecule has 6 heteroatoms. The maximum absolute atomic E-state index is 11.9. The topological polar surface area (TPSA) is 53.6 Å². The third-order valence-electron chi connectivity index (χ3n) is 3.41. The van der Waals surface area contributed by atoms with Crippen molar-refractivity contribution in [3.63, 3.8) is 0 Å². The highest BCUT2D eigenvalue weighted by Gasteiger charge is 2.22. The Morgan fingerprint density at radius 3 is 2.32 bits per heavy atom. The number of benzene rings is 1. The molecule has 5 nitrogen and oxygen atoms in total. The van der Waals surface area contributed by atoms with Crippen molar-refractivity contribution in [1.29, 1.82) is 0 Å². The molecule has 0 aliphatic carbocycles. The molecule has 1 aliphatic rings. The minimum Gasteiger partial charge on any atom is -0.378 e. The Morgan fingerprint density at radius 1 is 1.18 bits per heavy atom. The van der Waals surface area contributed by atoms with Gasteiger partial charge in [0, 0.05) is 29.9 Å². The summed E-state index contributed by atoms with van der Waals surface area (Å²) < 4.78 is 5.35. The van der Waals surface area contributed by atoms with Crippen LogP contribution in [0.2, 0.25) is 0 Å². The van der Waals surface area contributed by atoms with Crippen LogP contribution in [0.15, 0.2) is 24.3 Å². The van der Waals surface area contributed by atoms with Gasteiger partial charge in [-0.1, -0.05) is 20.8 Å². The second-order valence-corrected chi connectivity index (χ2v) is 6.71. The Morgan fingerprint density at radius 2 is 1.77 bits per heavy atom. The van der Waals surface area contributed by atoms with Gasteiger partial charge in [0.1, 0.15) is 0 Å². The maximum Gasteiger partial charge on any atom is 0.231 e. The van der Waals surface area contributed by atoms with Crippen molar-refractivity contribution in [3.05, 3.63) is 24.3 Å². The molecule has 0 bridgehead atoms. The molecule has 1 aromatic carbocycles. The largest absolute Gasteiger partial charge is 0.378 e. The molecule has 1 aliphatic heterocycles. The number of hydrogen-bond donors (Lipinski definition) is 2. The summed E-state index contributed by atoms with van der Waals surface area (Å²) in [6.45, 7) is 8.90. The molecule has 0 unspecified atom stereocenters. The number of thiocarbonyl (C=S) groups is 1. The highest BCUT2D eigenvalue weighted by atomic mass is 32.1. The zero-order valence-electron chi connectivity index (χ0n) is 13.3. The lowest BCUT2D eigenvalue weighted by Crippen LogP contribution is -2.41.